The minimum atomic E-state index is -2.38. The van der Waals surface area contributed by atoms with Crippen LogP contribution in [0.15, 0.2) is 41.7 Å². The van der Waals surface area contributed by atoms with Crippen LogP contribution in [-0.2, 0) is 13.1 Å². The number of benzene rings is 1. The van der Waals surface area contributed by atoms with Gasteiger partial charge in [0.1, 0.15) is 0 Å². The van der Waals surface area contributed by atoms with Crippen LogP contribution in [0.2, 0.25) is 0 Å². The molecule has 0 saturated heterocycles. The Morgan fingerprint density at radius 1 is 1.30 bits per heavy atom. The molecule has 0 spiro atoms. The maximum atomic E-state index is 12.2. The number of hydrogen-bond donors (Lipinski definition) is 1. The summed E-state index contributed by atoms with van der Waals surface area (Å²) in [5.41, 5.74) is 2.02. The lowest BCUT2D eigenvalue weighted by Crippen LogP contribution is -2.06. The Morgan fingerprint density at radius 3 is 2.70 bits per heavy atom. The minimum Gasteiger partial charge on any atom is -0.379 e. The van der Waals surface area contributed by atoms with Crippen molar-refractivity contribution < 1.29 is 8.78 Å². The van der Waals surface area contributed by atoms with E-state index in [9.17, 15) is 8.78 Å². The van der Waals surface area contributed by atoms with Crippen LogP contribution in [0.5, 0.6) is 0 Å². The molecule has 1 aromatic heterocycles. The first-order valence-electron chi connectivity index (χ1n) is 6.46. The molecule has 0 aliphatic heterocycles. The molecular weight excluding hydrogens is 280 g/mol. The standard InChI is InChI=1S/C14H17F2N3S/c1-2-7-19-10-17-8-12(19)9-18-11-3-5-13(6-4-11)20-14(15)16/h3-6,8,10,14,18H,2,7,9H2,1H3. The minimum absolute atomic E-state index is 0.557. The maximum Gasteiger partial charge on any atom is 0.288 e. The van der Waals surface area contributed by atoms with Gasteiger partial charge in [0.15, 0.2) is 0 Å². The molecule has 0 bridgehead atoms. The van der Waals surface area contributed by atoms with Crippen molar-refractivity contribution in [2.75, 3.05) is 5.32 Å². The van der Waals surface area contributed by atoms with Crippen molar-refractivity contribution >= 4 is 17.4 Å². The molecule has 0 saturated carbocycles. The first-order valence-corrected chi connectivity index (χ1v) is 7.34. The highest BCUT2D eigenvalue weighted by atomic mass is 32.2. The number of nitrogens with zero attached hydrogens (tertiary/aromatic N) is 2. The highest BCUT2D eigenvalue weighted by molar-refractivity contribution is 7.99. The van der Waals surface area contributed by atoms with Crippen LogP contribution in [0.3, 0.4) is 0 Å². The summed E-state index contributed by atoms with van der Waals surface area (Å²) in [6.07, 6.45) is 4.72. The number of aryl methyl sites for hydroxylation is 1. The fourth-order valence-electron chi connectivity index (χ4n) is 1.88. The topological polar surface area (TPSA) is 29.9 Å². The number of thioether (sulfide) groups is 1. The van der Waals surface area contributed by atoms with Gasteiger partial charge < -0.3 is 9.88 Å². The fourth-order valence-corrected chi connectivity index (χ4v) is 2.38. The summed E-state index contributed by atoms with van der Waals surface area (Å²) in [7, 11) is 0. The van der Waals surface area contributed by atoms with Crippen LogP contribution < -0.4 is 5.32 Å². The number of imidazole rings is 1. The Balaban J connectivity index is 1.92. The molecule has 0 aliphatic carbocycles. The third-order valence-corrected chi connectivity index (χ3v) is 3.54. The second kappa shape index (κ2) is 7.28. The van der Waals surface area contributed by atoms with Gasteiger partial charge in [-0.15, -0.1) is 0 Å². The van der Waals surface area contributed by atoms with Crippen molar-refractivity contribution in [2.24, 2.45) is 0 Å². The van der Waals surface area contributed by atoms with E-state index in [1.165, 1.54) is 0 Å². The predicted molar refractivity (Wildman–Crippen MR) is 78.1 cm³/mol. The van der Waals surface area contributed by atoms with Gasteiger partial charge in [0.2, 0.25) is 0 Å². The lowest BCUT2D eigenvalue weighted by atomic mass is 10.3. The average Bonchev–Trinajstić information content (AvgIpc) is 2.85. The highest BCUT2D eigenvalue weighted by Crippen LogP contribution is 2.26. The zero-order valence-electron chi connectivity index (χ0n) is 11.2. The zero-order valence-corrected chi connectivity index (χ0v) is 12.0. The smallest absolute Gasteiger partial charge is 0.288 e. The lowest BCUT2D eigenvalue weighted by Gasteiger charge is -2.09. The maximum absolute atomic E-state index is 12.2. The second-order valence-corrected chi connectivity index (χ2v) is 5.40. The van der Waals surface area contributed by atoms with Crippen LogP contribution in [0.1, 0.15) is 19.0 Å². The number of nitrogens with one attached hydrogen (secondary N) is 1. The quantitative estimate of drug-likeness (QED) is 0.776. The van der Waals surface area contributed by atoms with E-state index in [0.29, 0.717) is 23.2 Å². The van der Waals surface area contributed by atoms with Crippen molar-refractivity contribution in [1.82, 2.24) is 9.55 Å². The van der Waals surface area contributed by atoms with Gasteiger partial charge in [0.05, 0.1) is 18.6 Å². The summed E-state index contributed by atoms with van der Waals surface area (Å²) in [6, 6.07) is 7.02. The molecule has 0 aliphatic rings. The van der Waals surface area contributed by atoms with Gasteiger partial charge in [0, 0.05) is 23.3 Å². The van der Waals surface area contributed by atoms with E-state index in [0.717, 1.165) is 24.3 Å². The van der Waals surface area contributed by atoms with Crippen molar-refractivity contribution in [3.05, 3.63) is 42.5 Å². The molecule has 2 rings (SSSR count). The highest BCUT2D eigenvalue weighted by Gasteiger charge is 2.05. The van der Waals surface area contributed by atoms with E-state index in [4.69, 9.17) is 0 Å². The summed E-state index contributed by atoms with van der Waals surface area (Å²) in [5, 5.41) is 3.27. The van der Waals surface area contributed by atoms with Crippen LogP contribution in [-0.4, -0.2) is 15.3 Å². The number of aromatic nitrogens is 2. The molecule has 0 radical (unpaired) electrons. The Kier molecular flexibility index (Phi) is 5.40. The molecule has 6 heteroatoms. The number of alkyl halides is 2. The van der Waals surface area contributed by atoms with E-state index in [-0.39, 0.29) is 0 Å². The van der Waals surface area contributed by atoms with Gasteiger partial charge >= 0.3 is 0 Å². The monoisotopic (exact) mass is 297 g/mol. The van der Waals surface area contributed by atoms with Crippen molar-refractivity contribution in [3.8, 4) is 0 Å². The van der Waals surface area contributed by atoms with Crippen LogP contribution in [0.4, 0.5) is 14.5 Å². The average molecular weight is 297 g/mol. The predicted octanol–water partition coefficient (Wildman–Crippen LogP) is 4.22. The van der Waals surface area contributed by atoms with Crippen molar-refractivity contribution in [3.63, 3.8) is 0 Å². The largest absolute Gasteiger partial charge is 0.379 e. The van der Waals surface area contributed by atoms with Crippen LogP contribution in [0, 0.1) is 0 Å². The van der Waals surface area contributed by atoms with Gasteiger partial charge in [-0.3, -0.25) is 0 Å². The second-order valence-electron chi connectivity index (χ2n) is 4.33. The summed E-state index contributed by atoms with van der Waals surface area (Å²) < 4.78 is 26.5. The van der Waals surface area contributed by atoms with Crippen molar-refractivity contribution in [2.45, 2.75) is 37.1 Å². The van der Waals surface area contributed by atoms with Crippen molar-refractivity contribution in [1.29, 1.82) is 0 Å². The fraction of sp³-hybridized carbons (Fsp3) is 0.357. The number of halogens is 2. The third-order valence-electron chi connectivity index (χ3n) is 2.82. The van der Waals surface area contributed by atoms with E-state index in [1.54, 1.807) is 12.1 Å². The van der Waals surface area contributed by atoms with Crippen LogP contribution >= 0.6 is 11.8 Å². The van der Waals surface area contributed by atoms with Gasteiger partial charge in [-0.05, 0) is 30.7 Å². The zero-order chi connectivity index (χ0) is 14.4. The first-order chi connectivity index (χ1) is 9.69. The van der Waals surface area contributed by atoms with Crippen LogP contribution in [0.25, 0.3) is 0 Å². The lowest BCUT2D eigenvalue weighted by molar-refractivity contribution is 0.252. The first kappa shape index (κ1) is 14.8. The molecule has 0 atom stereocenters. The Hall–Kier alpha value is -1.56. The van der Waals surface area contributed by atoms with E-state index in [1.807, 2.05) is 24.7 Å². The van der Waals surface area contributed by atoms with Gasteiger partial charge in [-0.1, -0.05) is 18.7 Å². The van der Waals surface area contributed by atoms with E-state index < -0.39 is 5.76 Å². The molecule has 1 heterocycles. The molecule has 20 heavy (non-hydrogen) atoms. The number of hydrogen-bond acceptors (Lipinski definition) is 3. The molecular formula is C14H17F2N3S. The molecule has 1 aromatic carbocycles. The molecule has 108 valence electrons. The molecule has 0 amide bonds. The Bertz CT molecular complexity index is 525. The Labute approximate surface area is 121 Å². The molecule has 2 aromatic rings. The SMILES string of the molecule is CCCn1cncc1CNc1ccc(SC(F)F)cc1. The normalized spacial score (nSPS) is 11.0. The van der Waals surface area contributed by atoms with Gasteiger partial charge in [-0.2, -0.15) is 8.78 Å². The van der Waals surface area contributed by atoms with E-state index >= 15 is 0 Å². The summed E-state index contributed by atoms with van der Waals surface area (Å²) >= 11 is 0.557. The number of rotatable bonds is 7. The summed E-state index contributed by atoms with van der Waals surface area (Å²) in [5.74, 6) is -2.38. The molecule has 0 unspecified atom stereocenters. The molecule has 1 N–H and O–H groups in total. The molecule has 0 fully saturated rings. The summed E-state index contributed by atoms with van der Waals surface area (Å²) in [4.78, 5) is 4.71. The Morgan fingerprint density at radius 2 is 2.05 bits per heavy atom. The van der Waals surface area contributed by atoms with Gasteiger partial charge in [-0.25, -0.2) is 4.98 Å². The van der Waals surface area contributed by atoms with E-state index in [2.05, 4.69) is 21.8 Å². The molecule has 3 nitrogen and oxygen atoms in total. The third kappa shape index (κ3) is 4.23. The van der Waals surface area contributed by atoms with Gasteiger partial charge in [0.25, 0.3) is 5.76 Å². The number of anilines is 1. The summed E-state index contributed by atoms with van der Waals surface area (Å²) in [6.45, 7) is 3.74.